The van der Waals surface area contributed by atoms with Crippen molar-refractivity contribution in [3.8, 4) is 0 Å². The summed E-state index contributed by atoms with van der Waals surface area (Å²) in [5.41, 5.74) is 0. The Balaban J connectivity index is 2.09. The molecule has 0 aromatic rings. The van der Waals surface area contributed by atoms with E-state index < -0.39 is 10.2 Å². The van der Waals surface area contributed by atoms with E-state index in [0.717, 1.165) is 25.9 Å². The van der Waals surface area contributed by atoms with Gasteiger partial charge in [-0.1, -0.05) is 13.8 Å². The second-order valence-corrected chi connectivity index (χ2v) is 7.01. The minimum Gasteiger partial charge on any atom is -0.313 e. The maximum absolute atomic E-state index is 12.5. The summed E-state index contributed by atoms with van der Waals surface area (Å²) < 4.78 is 28.4. The van der Waals surface area contributed by atoms with Gasteiger partial charge in [0.1, 0.15) is 0 Å². The monoisotopic (exact) mass is 261 g/mol. The lowest BCUT2D eigenvalue weighted by atomic mass is 10.0. The number of nitrogens with zero attached hydrogens (tertiary/aromatic N) is 2. The van der Waals surface area contributed by atoms with Crippen molar-refractivity contribution in [2.75, 3.05) is 32.7 Å². The molecule has 0 bridgehead atoms. The zero-order valence-electron chi connectivity index (χ0n) is 10.7. The van der Waals surface area contributed by atoms with Gasteiger partial charge < -0.3 is 5.32 Å². The molecule has 0 aromatic carbocycles. The zero-order chi connectivity index (χ0) is 12.5. The highest BCUT2D eigenvalue weighted by atomic mass is 32.2. The Labute approximate surface area is 104 Å². The van der Waals surface area contributed by atoms with Gasteiger partial charge >= 0.3 is 0 Å². The van der Waals surface area contributed by atoms with Crippen LogP contribution in [0.3, 0.4) is 0 Å². The molecule has 0 aromatic heterocycles. The molecule has 0 aliphatic carbocycles. The molecule has 1 N–H and O–H groups in total. The van der Waals surface area contributed by atoms with Gasteiger partial charge in [0.05, 0.1) is 6.04 Å². The van der Waals surface area contributed by atoms with E-state index in [4.69, 9.17) is 0 Å². The Morgan fingerprint density at radius 1 is 1.41 bits per heavy atom. The van der Waals surface area contributed by atoms with Crippen molar-refractivity contribution in [1.29, 1.82) is 0 Å². The number of nitrogens with one attached hydrogen (secondary N) is 1. The summed E-state index contributed by atoms with van der Waals surface area (Å²) in [6.07, 6.45) is 2.13. The van der Waals surface area contributed by atoms with Crippen molar-refractivity contribution in [1.82, 2.24) is 13.9 Å². The molecule has 0 saturated carbocycles. The van der Waals surface area contributed by atoms with Gasteiger partial charge in [-0.25, -0.2) is 0 Å². The number of hydrogen-bond acceptors (Lipinski definition) is 3. The topological polar surface area (TPSA) is 52.7 Å². The lowest BCUT2D eigenvalue weighted by Gasteiger charge is -2.41. The Morgan fingerprint density at radius 3 is 2.59 bits per heavy atom. The number of likely N-dealkylation sites (N-methyl/N-ethyl adjacent to an activating group) is 1. The number of hydrogen-bond donors (Lipinski definition) is 1. The summed E-state index contributed by atoms with van der Waals surface area (Å²) in [5.74, 6) is 0.483. The molecule has 2 rings (SSSR count). The number of rotatable bonds is 4. The van der Waals surface area contributed by atoms with Gasteiger partial charge in [-0.05, 0) is 18.8 Å². The second-order valence-electron chi connectivity index (χ2n) is 5.13. The van der Waals surface area contributed by atoms with E-state index in [2.05, 4.69) is 12.2 Å². The van der Waals surface area contributed by atoms with E-state index in [0.29, 0.717) is 25.6 Å². The molecular formula is C11H23N3O2S. The van der Waals surface area contributed by atoms with Crippen LogP contribution >= 0.6 is 0 Å². The maximum Gasteiger partial charge on any atom is 0.282 e. The van der Waals surface area contributed by atoms with Crippen LogP contribution in [0.15, 0.2) is 0 Å². The second kappa shape index (κ2) is 5.22. The van der Waals surface area contributed by atoms with Crippen molar-refractivity contribution < 1.29 is 8.42 Å². The van der Waals surface area contributed by atoms with E-state index in [9.17, 15) is 8.42 Å². The highest BCUT2D eigenvalue weighted by Gasteiger charge is 2.37. The van der Waals surface area contributed by atoms with Gasteiger partial charge in [-0.3, -0.25) is 0 Å². The molecule has 6 heteroatoms. The normalized spacial score (nSPS) is 28.3. The van der Waals surface area contributed by atoms with Crippen molar-refractivity contribution >= 4 is 10.2 Å². The minimum atomic E-state index is -3.24. The van der Waals surface area contributed by atoms with Crippen LogP contribution in [-0.2, 0) is 10.2 Å². The first-order chi connectivity index (χ1) is 8.05. The third kappa shape index (κ3) is 2.65. The van der Waals surface area contributed by atoms with E-state index in [-0.39, 0.29) is 6.04 Å². The van der Waals surface area contributed by atoms with Crippen LogP contribution in [0, 0.1) is 5.92 Å². The Hall–Kier alpha value is -0.170. The van der Waals surface area contributed by atoms with Gasteiger partial charge in [-0.15, -0.1) is 0 Å². The fourth-order valence-electron chi connectivity index (χ4n) is 2.59. The van der Waals surface area contributed by atoms with E-state index in [1.54, 1.807) is 8.61 Å². The van der Waals surface area contributed by atoms with Crippen LogP contribution in [-0.4, -0.2) is 55.8 Å². The van der Waals surface area contributed by atoms with Crippen LogP contribution in [0.1, 0.15) is 26.7 Å². The molecular weight excluding hydrogens is 238 g/mol. The first-order valence-corrected chi connectivity index (χ1v) is 7.93. The molecule has 17 heavy (non-hydrogen) atoms. The summed E-state index contributed by atoms with van der Waals surface area (Å²) >= 11 is 0. The van der Waals surface area contributed by atoms with Gasteiger partial charge in [0, 0.05) is 32.7 Å². The average Bonchev–Trinajstić information content (AvgIpc) is 2.22. The molecule has 2 saturated heterocycles. The van der Waals surface area contributed by atoms with Gasteiger partial charge in [0.15, 0.2) is 0 Å². The molecule has 0 radical (unpaired) electrons. The zero-order valence-corrected chi connectivity index (χ0v) is 11.5. The predicted octanol–water partition coefficient (Wildman–Crippen LogP) is 0.257. The summed E-state index contributed by atoms with van der Waals surface area (Å²) in [4.78, 5) is 0. The van der Waals surface area contributed by atoms with Crippen LogP contribution in [0.25, 0.3) is 0 Å². The SMILES string of the molecule is CCN(C1CNC1)S(=O)(=O)N1CCCC(C)C1. The summed E-state index contributed by atoms with van der Waals surface area (Å²) in [6.45, 7) is 7.56. The Morgan fingerprint density at radius 2 is 2.12 bits per heavy atom. The van der Waals surface area contributed by atoms with Crippen LogP contribution in [0.4, 0.5) is 0 Å². The standard InChI is InChI=1S/C11H23N3O2S/c1-3-14(11-7-12-8-11)17(15,16)13-6-4-5-10(2)9-13/h10-12H,3-9H2,1-2H3. The molecule has 2 aliphatic heterocycles. The first kappa shape index (κ1) is 13.3. The molecule has 2 fully saturated rings. The predicted molar refractivity (Wildman–Crippen MR) is 67.9 cm³/mol. The van der Waals surface area contributed by atoms with Crippen molar-refractivity contribution in [3.63, 3.8) is 0 Å². The van der Waals surface area contributed by atoms with Crippen LogP contribution < -0.4 is 5.32 Å². The lowest BCUT2D eigenvalue weighted by Crippen LogP contribution is -2.61. The van der Waals surface area contributed by atoms with Crippen molar-refractivity contribution in [3.05, 3.63) is 0 Å². The molecule has 1 atom stereocenters. The molecule has 100 valence electrons. The van der Waals surface area contributed by atoms with E-state index in [1.807, 2.05) is 6.92 Å². The smallest absolute Gasteiger partial charge is 0.282 e. The van der Waals surface area contributed by atoms with Crippen LogP contribution in [0.5, 0.6) is 0 Å². The molecule has 0 spiro atoms. The Bertz CT molecular complexity index is 354. The third-order valence-electron chi connectivity index (χ3n) is 3.72. The average molecular weight is 261 g/mol. The molecule has 5 nitrogen and oxygen atoms in total. The first-order valence-electron chi connectivity index (χ1n) is 6.53. The molecule has 2 aliphatic rings. The highest BCUT2D eigenvalue weighted by molar-refractivity contribution is 7.86. The largest absolute Gasteiger partial charge is 0.313 e. The third-order valence-corrected chi connectivity index (χ3v) is 5.85. The number of piperidine rings is 1. The van der Waals surface area contributed by atoms with E-state index >= 15 is 0 Å². The Kier molecular flexibility index (Phi) is 4.07. The molecule has 2 heterocycles. The van der Waals surface area contributed by atoms with Crippen molar-refractivity contribution in [2.24, 2.45) is 5.92 Å². The van der Waals surface area contributed by atoms with Gasteiger partial charge in [0.25, 0.3) is 10.2 Å². The van der Waals surface area contributed by atoms with Gasteiger partial charge in [0.2, 0.25) is 0 Å². The summed E-state index contributed by atoms with van der Waals surface area (Å²) in [6, 6.07) is 0.155. The molecule has 1 unspecified atom stereocenters. The summed E-state index contributed by atoms with van der Waals surface area (Å²) in [5, 5.41) is 3.14. The van der Waals surface area contributed by atoms with Crippen molar-refractivity contribution in [2.45, 2.75) is 32.7 Å². The fraction of sp³-hybridized carbons (Fsp3) is 1.00. The highest BCUT2D eigenvalue weighted by Crippen LogP contribution is 2.22. The van der Waals surface area contributed by atoms with E-state index in [1.165, 1.54) is 0 Å². The minimum absolute atomic E-state index is 0.155. The summed E-state index contributed by atoms with van der Waals surface area (Å²) in [7, 11) is -3.24. The molecule has 0 amide bonds. The fourth-order valence-corrected chi connectivity index (χ4v) is 4.54. The maximum atomic E-state index is 12.5. The quantitative estimate of drug-likeness (QED) is 0.789. The van der Waals surface area contributed by atoms with Crippen LogP contribution in [0.2, 0.25) is 0 Å². The lowest BCUT2D eigenvalue weighted by molar-refractivity contribution is 0.211. The van der Waals surface area contributed by atoms with Gasteiger partial charge in [-0.2, -0.15) is 17.0 Å².